The third-order valence-corrected chi connectivity index (χ3v) is 6.57. The van der Waals surface area contributed by atoms with Crippen molar-refractivity contribution in [2.24, 2.45) is 0 Å². The van der Waals surface area contributed by atoms with Gasteiger partial charge in [-0.05, 0) is 37.1 Å². The maximum absolute atomic E-state index is 12.9. The van der Waals surface area contributed by atoms with Crippen LogP contribution in [0.1, 0.15) is 37.9 Å². The molecule has 1 aromatic heterocycles. The van der Waals surface area contributed by atoms with Gasteiger partial charge in [-0.25, -0.2) is 13.1 Å². The Kier molecular flexibility index (Phi) is 7.64. The number of carbonyl (C=O) groups is 2. The van der Waals surface area contributed by atoms with Crippen LogP contribution in [0.4, 0.5) is 0 Å². The molecule has 0 spiro atoms. The van der Waals surface area contributed by atoms with Crippen LogP contribution >= 0.6 is 0 Å². The second-order valence-electron chi connectivity index (χ2n) is 7.31. The summed E-state index contributed by atoms with van der Waals surface area (Å²) in [5, 5.41) is 2.74. The van der Waals surface area contributed by atoms with Crippen molar-refractivity contribution in [3.63, 3.8) is 0 Å². The Morgan fingerprint density at radius 3 is 2.43 bits per heavy atom. The fourth-order valence-corrected chi connectivity index (χ4v) is 4.56. The molecular weight excluding hydrogens is 406 g/mol. The van der Waals surface area contributed by atoms with Gasteiger partial charge < -0.3 is 14.6 Å². The monoisotopic (exact) mass is 433 g/mol. The number of rotatable bonds is 9. The van der Waals surface area contributed by atoms with E-state index in [1.54, 1.807) is 30.3 Å². The summed E-state index contributed by atoms with van der Waals surface area (Å²) < 4.78 is 32.4. The van der Waals surface area contributed by atoms with Crippen molar-refractivity contribution in [1.29, 1.82) is 0 Å². The molecule has 1 aliphatic carbocycles. The minimum atomic E-state index is -3.80. The van der Waals surface area contributed by atoms with E-state index < -0.39 is 15.9 Å². The fraction of sp³-hybridized carbons (Fsp3) is 0.429. The van der Waals surface area contributed by atoms with Crippen LogP contribution in [0, 0.1) is 0 Å². The second kappa shape index (κ2) is 10.4. The van der Waals surface area contributed by atoms with Crippen molar-refractivity contribution in [1.82, 2.24) is 14.9 Å². The maximum Gasteiger partial charge on any atom is 0.241 e. The summed E-state index contributed by atoms with van der Waals surface area (Å²) in [6.07, 6.45) is 6.21. The number of benzene rings is 1. The number of hydrogen-bond donors (Lipinski definition) is 2. The molecule has 1 fully saturated rings. The van der Waals surface area contributed by atoms with Gasteiger partial charge in [-0.1, -0.05) is 37.5 Å². The molecular formula is C21H27N3O5S. The number of sulfonamides is 1. The second-order valence-corrected chi connectivity index (χ2v) is 9.07. The van der Waals surface area contributed by atoms with Crippen LogP contribution in [0.25, 0.3) is 0 Å². The molecule has 2 aromatic rings. The Morgan fingerprint density at radius 2 is 1.77 bits per heavy atom. The Bertz CT molecular complexity index is 923. The molecule has 3 rings (SSSR count). The Labute approximate surface area is 176 Å². The van der Waals surface area contributed by atoms with Crippen LogP contribution in [-0.2, 0) is 26.2 Å². The summed E-state index contributed by atoms with van der Waals surface area (Å²) in [6.45, 7) is -0.268. The number of furan rings is 1. The van der Waals surface area contributed by atoms with Crippen LogP contribution in [0.5, 0.6) is 0 Å². The maximum atomic E-state index is 12.9. The number of amides is 2. The van der Waals surface area contributed by atoms with Crippen LogP contribution in [0.2, 0.25) is 0 Å². The van der Waals surface area contributed by atoms with Gasteiger partial charge in [0.25, 0.3) is 0 Å². The lowest BCUT2D eigenvalue weighted by Crippen LogP contribution is -2.50. The van der Waals surface area contributed by atoms with E-state index in [0.29, 0.717) is 5.76 Å². The number of nitrogens with one attached hydrogen (secondary N) is 2. The first-order chi connectivity index (χ1) is 14.5. The molecule has 8 nitrogen and oxygen atoms in total. The summed E-state index contributed by atoms with van der Waals surface area (Å²) in [4.78, 5) is 26.9. The van der Waals surface area contributed by atoms with Crippen molar-refractivity contribution < 1.29 is 22.4 Å². The largest absolute Gasteiger partial charge is 0.467 e. The third kappa shape index (κ3) is 6.17. The average molecular weight is 434 g/mol. The lowest BCUT2D eigenvalue weighted by Gasteiger charge is -2.34. The molecule has 30 heavy (non-hydrogen) atoms. The van der Waals surface area contributed by atoms with Crippen molar-refractivity contribution in [3.8, 4) is 0 Å². The van der Waals surface area contributed by atoms with Crippen LogP contribution in [-0.4, -0.2) is 44.3 Å². The Morgan fingerprint density at radius 1 is 1.03 bits per heavy atom. The van der Waals surface area contributed by atoms with Gasteiger partial charge in [0.2, 0.25) is 21.8 Å². The molecule has 0 saturated heterocycles. The van der Waals surface area contributed by atoms with Crippen molar-refractivity contribution >= 4 is 21.8 Å². The number of hydrogen-bond acceptors (Lipinski definition) is 5. The average Bonchev–Trinajstić information content (AvgIpc) is 3.29. The van der Waals surface area contributed by atoms with Crippen LogP contribution in [0.3, 0.4) is 0 Å². The molecule has 0 atom stereocenters. The summed E-state index contributed by atoms with van der Waals surface area (Å²) in [7, 11) is -3.80. The zero-order valence-electron chi connectivity index (χ0n) is 16.7. The number of nitrogens with zero attached hydrogens (tertiary/aromatic N) is 1. The van der Waals surface area contributed by atoms with Gasteiger partial charge in [-0.2, -0.15) is 0 Å². The predicted octanol–water partition coefficient (Wildman–Crippen LogP) is 2.04. The van der Waals surface area contributed by atoms with Gasteiger partial charge in [-0.15, -0.1) is 0 Å². The molecule has 1 saturated carbocycles. The van der Waals surface area contributed by atoms with Gasteiger partial charge in [0.15, 0.2) is 0 Å². The highest BCUT2D eigenvalue weighted by molar-refractivity contribution is 7.89. The van der Waals surface area contributed by atoms with Crippen LogP contribution < -0.4 is 10.0 Å². The molecule has 0 aliphatic heterocycles. The molecule has 1 aromatic carbocycles. The zero-order valence-corrected chi connectivity index (χ0v) is 17.6. The highest BCUT2D eigenvalue weighted by atomic mass is 32.2. The molecule has 162 valence electrons. The van der Waals surface area contributed by atoms with Crippen molar-refractivity contribution in [3.05, 3.63) is 54.5 Å². The molecule has 9 heteroatoms. The molecule has 0 bridgehead atoms. The molecule has 2 N–H and O–H groups in total. The highest BCUT2D eigenvalue weighted by Crippen LogP contribution is 2.22. The number of carbonyl (C=O) groups excluding carboxylic acids is 2. The van der Waals surface area contributed by atoms with E-state index in [9.17, 15) is 18.0 Å². The lowest BCUT2D eigenvalue weighted by molar-refractivity contribution is -0.138. The Hall–Kier alpha value is -2.65. The van der Waals surface area contributed by atoms with Gasteiger partial charge in [0.1, 0.15) is 5.76 Å². The van der Waals surface area contributed by atoms with Gasteiger partial charge >= 0.3 is 0 Å². The molecule has 0 radical (unpaired) electrons. The van der Waals surface area contributed by atoms with Crippen LogP contribution in [0.15, 0.2) is 58.0 Å². The summed E-state index contributed by atoms with van der Waals surface area (Å²) in [5.41, 5.74) is 0. The van der Waals surface area contributed by atoms with E-state index in [-0.39, 0.29) is 36.5 Å². The zero-order chi connectivity index (χ0) is 21.4. The van der Waals surface area contributed by atoms with E-state index in [4.69, 9.17) is 4.42 Å². The predicted molar refractivity (Wildman–Crippen MR) is 111 cm³/mol. The molecule has 1 aliphatic rings. The van der Waals surface area contributed by atoms with Gasteiger partial charge in [0, 0.05) is 6.04 Å². The Balaban J connectivity index is 1.62. The fourth-order valence-electron chi connectivity index (χ4n) is 3.56. The summed E-state index contributed by atoms with van der Waals surface area (Å²) in [5.74, 6) is -0.0969. The lowest BCUT2D eigenvalue weighted by atomic mass is 9.94. The summed E-state index contributed by atoms with van der Waals surface area (Å²) >= 11 is 0. The SMILES string of the molecule is O=C(CN(C(=O)CNS(=O)(=O)c1ccccc1)C1CCCCC1)NCc1ccco1. The smallest absolute Gasteiger partial charge is 0.241 e. The van der Waals surface area contributed by atoms with E-state index >= 15 is 0 Å². The van der Waals surface area contributed by atoms with E-state index in [1.165, 1.54) is 23.3 Å². The first-order valence-electron chi connectivity index (χ1n) is 10.1. The normalized spacial score (nSPS) is 14.9. The topological polar surface area (TPSA) is 109 Å². The highest BCUT2D eigenvalue weighted by Gasteiger charge is 2.28. The minimum Gasteiger partial charge on any atom is -0.467 e. The van der Waals surface area contributed by atoms with E-state index in [1.807, 2.05) is 0 Å². The van der Waals surface area contributed by atoms with E-state index in [2.05, 4.69) is 10.0 Å². The van der Waals surface area contributed by atoms with Crippen molar-refractivity contribution in [2.45, 2.75) is 49.6 Å². The minimum absolute atomic E-state index is 0.0677. The third-order valence-electron chi connectivity index (χ3n) is 5.16. The molecule has 1 heterocycles. The first kappa shape index (κ1) is 22.0. The quantitative estimate of drug-likeness (QED) is 0.629. The standard InChI is InChI=1S/C21H27N3O5S/c25-20(22-14-18-10-7-13-29-18)16-24(17-8-3-1-4-9-17)21(26)15-23-30(27,28)19-11-5-2-6-12-19/h2,5-7,10-13,17,23H,1,3-4,8-9,14-16H2,(H,22,25). The van der Waals surface area contributed by atoms with Crippen molar-refractivity contribution in [2.75, 3.05) is 13.1 Å². The summed E-state index contributed by atoms with van der Waals surface area (Å²) in [6, 6.07) is 11.3. The first-order valence-corrected chi connectivity index (χ1v) is 11.6. The van der Waals surface area contributed by atoms with Gasteiger partial charge in [0.05, 0.1) is 30.8 Å². The van der Waals surface area contributed by atoms with Gasteiger partial charge in [-0.3, -0.25) is 9.59 Å². The molecule has 2 amide bonds. The molecule has 0 unspecified atom stereocenters. The van der Waals surface area contributed by atoms with E-state index in [0.717, 1.165) is 32.1 Å².